The fourth-order valence-electron chi connectivity index (χ4n) is 4.08. The summed E-state index contributed by atoms with van der Waals surface area (Å²) < 4.78 is 32.5. The highest BCUT2D eigenvalue weighted by Gasteiger charge is 2.37. The highest BCUT2D eigenvalue weighted by molar-refractivity contribution is 7.92. The van der Waals surface area contributed by atoms with Crippen LogP contribution < -0.4 is 14.4 Å². The van der Waals surface area contributed by atoms with E-state index in [0.29, 0.717) is 12.1 Å². The molecule has 168 valence electrons. The van der Waals surface area contributed by atoms with E-state index in [-0.39, 0.29) is 11.9 Å². The predicted molar refractivity (Wildman–Crippen MR) is 124 cm³/mol. The van der Waals surface area contributed by atoms with Gasteiger partial charge in [-0.15, -0.1) is 0 Å². The number of benzene rings is 2. The highest BCUT2D eigenvalue weighted by Crippen LogP contribution is 2.40. The number of amides is 1. The quantitative estimate of drug-likeness (QED) is 0.727. The van der Waals surface area contributed by atoms with Crippen molar-refractivity contribution in [1.29, 1.82) is 0 Å². The second-order valence-corrected chi connectivity index (χ2v) is 10.8. The van der Waals surface area contributed by atoms with E-state index in [2.05, 4.69) is 5.32 Å². The van der Waals surface area contributed by atoms with Crippen LogP contribution in [0, 0.1) is 6.92 Å². The van der Waals surface area contributed by atoms with Crippen LogP contribution in [0.3, 0.4) is 0 Å². The molecule has 0 aliphatic carbocycles. The Kier molecular flexibility index (Phi) is 6.37. The maximum atomic E-state index is 13.2. The average molecular weight is 445 g/mol. The van der Waals surface area contributed by atoms with Gasteiger partial charge in [-0.2, -0.15) is 0 Å². The van der Waals surface area contributed by atoms with E-state index in [1.54, 1.807) is 19.1 Å². The fourth-order valence-corrected chi connectivity index (χ4v) is 5.26. The van der Waals surface area contributed by atoms with E-state index in [1.807, 2.05) is 58.0 Å². The Balaban J connectivity index is 1.89. The molecule has 2 aromatic carbocycles. The van der Waals surface area contributed by atoms with Crippen LogP contribution in [0.25, 0.3) is 0 Å². The second kappa shape index (κ2) is 8.54. The number of sulfonamides is 1. The second-order valence-electron chi connectivity index (χ2n) is 8.92. The normalized spacial score (nSPS) is 18.5. The van der Waals surface area contributed by atoms with E-state index in [1.165, 1.54) is 4.31 Å². The van der Waals surface area contributed by atoms with Gasteiger partial charge in [-0.1, -0.05) is 36.8 Å². The first-order valence-corrected chi connectivity index (χ1v) is 12.4. The Morgan fingerprint density at radius 1 is 1.23 bits per heavy atom. The third-order valence-electron chi connectivity index (χ3n) is 5.63. The van der Waals surface area contributed by atoms with Gasteiger partial charge >= 0.3 is 0 Å². The molecular weight excluding hydrogens is 412 g/mol. The average Bonchev–Trinajstić information content (AvgIpc) is 2.67. The molecule has 1 N–H and O–H groups in total. The van der Waals surface area contributed by atoms with Crippen molar-refractivity contribution in [2.75, 3.05) is 10.6 Å². The van der Waals surface area contributed by atoms with Crippen molar-refractivity contribution in [2.45, 2.75) is 65.1 Å². The van der Waals surface area contributed by atoms with Crippen molar-refractivity contribution in [3.8, 4) is 5.75 Å². The summed E-state index contributed by atoms with van der Waals surface area (Å²) in [7, 11) is -3.66. The minimum absolute atomic E-state index is 0.266. The topological polar surface area (TPSA) is 75.7 Å². The molecule has 0 aromatic heterocycles. The summed E-state index contributed by atoms with van der Waals surface area (Å²) in [6.45, 7) is 9.61. The molecule has 1 aliphatic rings. The standard InChI is InChI=1S/C24H32N2O4S/c1-7-18-9-11-19(12-10-18)26(31(6,28)29)17(3)23(27)25-21-15-24(4,5)30-22-13-8-16(2)14-20(21)22/h8-14,17,21H,7,15H2,1-6H3,(H,25,27)/t17-,21-/m1/s1. The molecule has 1 heterocycles. The Bertz CT molecular complexity index is 1060. The van der Waals surface area contributed by atoms with E-state index < -0.39 is 21.7 Å². The van der Waals surface area contributed by atoms with Gasteiger partial charge in [0.1, 0.15) is 17.4 Å². The first-order valence-electron chi connectivity index (χ1n) is 10.6. The number of aryl methyl sites for hydroxylation is 2. The summed E-state index contributed by atoms with van der Waals surface area (Å²) in [4.78, 5) is 13.2. The number of carbonyl (C=O) groups is 1. The summed E-state index contributed by atoms with van der Waals surface area (Å²) in [6.07, 6.45) is 2.57. The van der Waals surface area contributed by atoms with Gasteiger partial charge in [0.25, 0.3) is 0 Å². The van der Waals surface area contributed by atoms with Crippen molar-refractivity contribution < 1.29 is 17.9 Å². The fraction of sp³-hybridized carbons (Fsp3) is 0.458. The van der Waals surface area contributed by atoms with Crippen LogP contribution in [0.5, 0.6) is 5.75 Å². The number of hydrogen-bond acceptors (Lipinski definition) is 4. The Morgan fingerprint density at radius 3 is 2.45 bits per heavy atom. The van der Waals surface area contributed by atoms with Gasteiger partial charge in [-0.05, 0) is 57.9 Å². The molecule has 0 radical (unpaired) electrons. The number of anilines is 1. The number of fused-ring (bicyclic) bond motifs is 1. The number of rotatable bonds is 6. The van der Waals surface area contributed by atoms with Crippen molar-refractivity contribution in [2.24, 2.45) is 0 Å². The minimum atomic E-state index is -3.66. The summed E-state index contributed by atoms with van der Waals surface area (Å²) in [5.74, 6) is 0.398. The summed E-state index contributed by atoms with van der Waals surface area (Å²) in [5, 5.41) is 3.08. The molecule has 1 aliphatic heterocycles. The van der Waals surface area contributed by atoms with Crippen LogP contribution in [0.15, 0.2) is 42.5 Å². The third kappa shape index (κ3) is 5.21. The summed E-state index contributed by atoms with van der Waals surface area (Å²) >= 11 is 0. The van der Waals surface area contributed by atoms with Crippen LogP contribution in [0.1, 0.15) is 56.8 Å². The predicted octanol–water partition coefficient (Wildman–Crippen LogP) is 4.13. The lowest BCUT2D eigenvalue weighted by Gasteiger charge is -2.39. The van der Waals surface area contributed by atoms with Gasteiger partial charge in [0, 0.05) is 12.0 Å². The zero-order valence-electron chi connectivity index (χ0n) is 19.1. The van der Waals surface area contributed by atoms with Crippen LogP contribution in [0.4, 0.5) is 5.69 Å². The lowest BCUT2D eigenvalue weighted by molar-refractivity contribution is -0.123. The molecule has 3 rings (SSSR count). The molecule has 2 atom stereocenters. The van der Waals surface area contributed by atoms with Crippen LogP contribution in [0.2, 0.25) is 0 Å². The Hall–Kier alpha value is -2.54. The molecule has 0 saturated heterocycles. The largest absolute Gasteiger partial charge is 0.487 e. The molecule has 1 amide bonds. The number of nitrogens with zero attached hydrogens (tertiary/aromatic N) is 1. The molecule has 31 heavy (non-hydrogen) atoms. The molecule has 0 bridgehead atoms. The van der Waals surface area contributed by atoms with Gasteiger partial charge in [-0.3, -0.25) is 9.10 Å². The van der Waals surface area contributed by atoms with Crippen molar-refractivity contribution >= 4 is 21.6 Å². The number of hydrogen-bond donors (Lipinski definition) is 1. The van der Waals surface area contributed by atoms with Gasteiger partial charge in [0.2, 0.25) is 15.9 Å². The monoisotopic (exact) mass is 444 g/mol. The van der Waals surface area contributed by atoms with E-state index >= 15 is 0 Å². The van der Waals surface area contributed by atoms with Gasteiger partial charge < -0.3 is 10.1 Å². The van der Waals surface area contributed by atoms with Gasteiger partial charge in [0.05, 0.1) is 18.0 Å². The number of carbonyl (C=O) groups excluding carboxylic acids is 1. The first kappa shape index (κ1) is 23.1. The summed E-state index contributed by atoms with van der Waals surface area (Å²) in [6, 6.07) is 12.0. The van der Waals surface area contributed by atoms with Crippen molar-refractivity contribution in [1.82, 2.24) is 5.32 Å². The van der Waals surface area contributed by atoms with Crippen molar-refractivity contribution in [3.63, 3.8) is 0 Å². The zero-order valence-corrected chi connectivity index (χ0v) is 19.9. The van der Waals surface area contributed by atoms with E-state index in [4.69, 9.17) is 4.74 Å². The maximum absolute atomic E-state index is 13.2. The van der Waals surface area contributed by atoms with Crippen LogP contribution >= 0.6 is 0 Å². The first-order chi connectivity index (χ1) is 14.4. The SMILES string of the molecule is CCc1ccc(N([C@H](C)C(=O)N[C@@H]2CC(C)(C)Oc3ccc(C)cc32)S(C)(=O)=O)cc1. The van der Waals surface area contributed by atoms with E-state index in [9.17, 15) is 13.2 Å². The lowest BCUT2D eigenvalue weighted by atomic mass is 9.89. The smallest absolute Gasteiger partial charge is 0.244 e. The molecule has 0 unspecified atom stereocenters. The third-order valence-corrected chi connectivity index (χ3v) is 6.87. The molecule has 6 nitrogen and oxygen atoms in total. The van der Waals surface area contributed by atoms with E-state index in [0.717, 1.165) is 35.1 Å². The number of nitrogens with one attached hydrogen (secondary N) is 1. The van der Waals surface area contributed by atoms with Crippen molar-refractivity contribution in [3.05, 3.63) is 59.2 Å². The Morgan fingerprint density at radius 2 is 1.87 bits per heavy atom. The maximum Gasteiger partial charge on any atom is 0.244 e. The Labute approximate surface area is 185 Å². The lowest BCUT2D eigenvalue weighted by Crippen LogP contribution is -2.50. The highest BCUT2D eigenvalue weighted by atomic mass is 32.2. The number of ether oxygens (including phenoxy) is 1. The molecule has 0 saturated carbocycles. The molecule has 7 heteroatoms. The summed E-state index contributed by atoms with van der Waals surface area (Å²) in [5.41, 5.74) is 3.12. The van der Waals surface area contributed by atoms with Gasteiger partial charge in [-0.25, -0.2) is 8.42 Å². The molecule has 0 fully saturated rings. The molecule has 2 aromatic rings. The van der Waals surface area contributed by atoms with Crippen LogP contribution in [-0.2, 0) is 21.2 Å². The van der Waals surface area contributed by atoms with Crippen LogP contribution in [-0.4, -0.2) is 32.2 Å². The molecular formula is C24H32N2O4S. The minimum Gasteiger partial charge on any atom is -0.487 e. The zero-order chi connectivity index (χ0) is 23.0. The molecule has 0 spiro atoms. The van der Waals surface area contributed by atoms with Gasteiger partial charge in [0.15, 0.2) is 0 Å².